The van der Waals surface area contributed by atoms with Crippen LogP contribution in [0.4, 0.5) is 18.9 Å². The molecule has 0 bridgehead atoms. The van der Waals surface area contributed by atoms with Crippen molar-refractivity contribution in [3.05, 3.63) is 46.5 Å². The molecule has 0 saturated heterocycles. The van der Waals surface area contributed by atoms with Crippen LogP contribution in [0.5, 0.6) is 0 Å². The molecule has 0 radical (unpaired) electrons. The number of amides is 1. The van der Waals surface area contributed by atoms with E-state index in [1.807, 2.05) is 12.1 Å². The SMILES string of the molecule is CC1CCC(C)(C)c2cccc(NC(=O)c3c(C(F)F)nn(C)c3F)c21. The number of anilines is 1. The van der Waals surface area contributed by atoms with Crippen molar-refractivity contribution in [2.45, 2.75) is 51.4 Å². The van der Waals surface area contributed by atoms with Crippen LogP contribution in [-0.2, 0) is 12.5 Å². The molecule has 1 aliphatic rings. The summed E-state index contributed by atoms with van der Waals surface area (Å²) in [5.41, 5.74) is 1.05. The Morgan fingerprint density at radius 3 is 2.73 bits per heavy atom. The molecule has 1 N–H and O–H groups in total. The molecule has 0 spiro atoms. The van der Waals surface area contributed by atoms with Gasteiger partial charge in [-0.05, 0) is 41.4 Å². The van der Waals surface area contributed by atoms with Gasteiger partial charge < -0.3 is 5.32 Å². The highest BCUT2D eigenvalue weighted by Gasteiger charge is 2.34. The van der Waals surface area contributed by atoms with Crippen LogP contribution in [0.3, 0.4) is 0 Å². The molecule has 3 rings (SSSR count). The first-order valence-corrected chi connectivity index (χ1v) is 8.58. The Kier molecular flexibility index (Phi) is 4.58. The van der Waals surface area contributed by atoms with Gasteiger partial charge >= 0.3 is 0 Å². The second-order valence-corrected chi connectivity index (χ2v) is 7.52. The second kappa shape index (κ2) is 6.45. The van der Waals surface area contributed by atoms with E-state index >= 15 is 0 Å². The third-order valence-electron chi connectivity index (χ3n) is 5.22. The number of aryl methyl sites for hydroxylation is 1. The number of rotatable bonds is 3. The monoisotopic (exact) mass is 365 g/mol. The predicted molar refractivity (Wildman–Crippen MR) is 93.2 cm³/mol. The average Bonchev–Trinajstić information content (AvgIpc) is 2.87. The molecule has 0 fully saturated rings. The first-order valence-electron chi connectivity index (χ1n) is 8.58. The molecular formula is C19H22F3N3O. The first-order chi connectivity index (χ1) is 12.1. The molecule has 1 aromatic heterocycles. The van der Waals surface area contributed by atoms with E-state index in [-0.39, 0.29) is 11.3 Å². The van der Waals surface area contributed by atoms with Gasteiger partial charge in [0.05, 0.1) is 0 Å². The number of carbonyl (C=O) groups excluding carboxylic acids is 1. The van der Waals surface area contributed by atoms with Gasteiger partial charge in [-0.15, -0.1) is 0 Å². The van der Waals surface area contributed by atoms with E-state index in [9.17, 15) is 18.0 Å². The Morgan fingerprint density at radius 2 is 2.08 bits per heavy atom. The molecule has 4 nitrogen and oxygen atoms in total. The van der Waals surface area contributed by atoms with E-state index in [0.29, 0.717) is 10.4 Å². The Bertz CT molecular complexity index is 858. The van der Waals surface area contributed by atoms with Crippen LogP contribution in [0.2, 0.25) is 0 Å². The maximum Gasteiger partial charge on any atom is 0.283 e. The van der Waals surface area contributed by atoms with E-state index in [1.165, 1.54) is 7.05 Å². The van der Waals surface area contributed by atoms with E-state index in [4.69, 9.17) is 0 Å². The number of benzene rings is 1. The Hall–Kier alpha value is -2.31. The minimum atomic E-state index is -3.03. The van der Waals surface area contributed by atoms with E-state index in [2.05, 4.69) is 31.2 Å². The summed E-state index contributed by atoms with van der Waals surface area (Å²) in [5.74, 6) is -1.77. The molecule has 1 unspecified atom stereocenters. The van der Waals surface area contributed by atoms with Gasteiger partial charge in [0.25, 0.3) is 12.3 Å². The summed E-state index contributed by atoms with van der Waals surface area (Å²) in [6.45, 7) is 6.34. The summed E-state index contributed by atoms with van der Waals surface area (Å²) >= 11 is 0. The zero-order chi connectivity index (χ0) is 19.2. The van der Waals surface area contributed by atoms with Gasteiger partial charge in [-0.2, -0.15) is 9.49 Å². The molecule has 140 valence electrons. The normalized spacial score (nSPS) is 18.7. The fourth-order valence-electron chi connectivity index (χ4n) is 3.72. The lowest BCUT2D eigenvalue weighted by Crippen LogP contribution is -2.27. The van der Waals surface area contributed by atoms with Crippen molar-refractivity contribution in [2.24, 2.45) is 7.05 Å². The van der Waals surface area contributed by atoms with Crippen molar-refractivity contribution < 1.29 is 18.0 Å². The van der Waals surface area contributed by atoms with Gasteiger partial charge in [0.1, 0.15) is 11.3 Å². The fraction of sp³-hybridized carbons (Fsp3) is 0.474. The van der Waals surface area contributed by atoms with Crippen LogP contribution in [-0.4, -0.2) is 15.7 Å². The second-order valence-electron chi connectivity index (χ2n) is 7.52. The Balaban J connectivity index is 2.03. The first kappa shape index (κ1) is 18.5. The quantitative estimate of drug-likeness (QED) is 0.839. The van der Waals surface area contributed by atoms with Crippen LogP contribution in [0.1, 0.15) is 73.1 Å². The third kappa shape index (κ3) is 2.99. The molecular weight excluding hydrogens is 343 g/mol. The average molecular weight is 365 g/mol. The van der Waals surface area contributed by atoms with Gasteiger partial charge in [0.15, 0.2) is 0 Å². The van der Waals surface area contributed by atoms with Gasteiger partial charge in [0, 0.05) is 12.7 Å². The van der Waals surface area contributed by atoms with E-state index < -0.39 is 29.5 Å². The van der Waals surface area contributed by atoms with Crippen molar-refractivity contribution in [1.29, 1.82) is 0 Å². The van der Waals surface area contributed by atoms with Crippen LogP contribution in [0.25, 0.3) is 0 Å². The zero-order valence-electron chi connectivity index (χ0n) is 15.2. The molecule has 2 aromatic rings. The highest BCUT2D eigenvalue weighted by atomic mass is 19.3. The minimum Gasteiger partial charge on any atom is -0.322 e. The van der Waals surface area contributed by atoms with Crippen molar-refractivity contribution in [1.82, 2.24) is 9.78 Å². The number of fused-ring (bicyclic) bond motifs is 1. The summed E-state index contributed by atoms with van der Waals surface area (Å²) in [6, 6.07) is 5.57. The smallest absolute Gasteiger partial charge is 0.283 e. The van der Waals surface area contributed by atoms with Crippen LogP contribution >= 0.6 is 0 Å². The van der Waals surface area contributed by atoms with Gasteiger partial charge in [-0.1, -0.05) is 32.9 Å². The fourth-order valence-corrected chi connectivity index (χ4v) is 3.72. The molecule has 1 amide bonds. The summed E-state index contributed by atoms with van der Waals surface area (Å²) in [5, 5.41) is 6.07. The molecule has 0 saturated carbocycles. The van der Waals surface area contributed by atoms with Gasteiger partial charge in [0.2, 0.25) is 5.95 Å². The molecule has 0 aliphatic heterocycles. The highest BCUT2D eigenvalue weighted by molar-refractivity contribution is 6.05. The summed E-state index contributed by atoms with van der Waals surface area (Å²) in [7, 11) is 1.19. The molecule has 1 atom stereocenters. The van der Waals surface area contributed by atoms with E-state index in [1.54, 1.807) is 6.07 Å². The lowest BCUT2D eigenvalue weighted by molar-refractivity contribution is 0.100. The van der Waals surface area contributed by atoms with Crippen LogP contribution in [0.15, 0.2) is 18.2 Å². The molecule has 1 aromatic carbocycles. The Morgan fingerprint density at radius 1 is 1.38 bits per heavy atom. The summed E-state index contributed by atoms with van der Waals surface area (Å²) in [4.78, 5) is 12.6. The minimum absolute atomic E-state index is 0.0454. The topological polar surface area (TPSA) is 46.9 Å². The highest BCUT2D eigenvalue weighted by Crippen LogP contribution is 2.45. The third-order valence-corrected chi connectivity index (χ3v) is 5.22. The number of alkyl halides is 2. The standard InChI is InChI=1S/C19H22F3N3O/c1-10-8-9-19(2,3)11-6-5-7-12(13(10)11)23-18(26)14-15(16(20)21)24-25(4)17(14)22/h5-7,10,16H,8-9H2,1-4H3,(H,23,26). The number of carbonyl (C=O) groups is 1. The van der Waals surface area contributed by atoms with Crippen LogP contribution in [0, 0.1) is 5.95 Å². The van der Waals surface area contributed by atoms with Crippen LogP contribution < -0.4 is 5.32 Å². The number of hydrogen-bond donors (Lipinski definition) is 1. The summed E-state index contributed by atoms with van der Waals surface area (Å²) < 4.78 is 41.1. The molecule has 7 heteroatoms. The maximum atomic E-state index is 14.2. The predicted octanol–water partition coefficient (Wildman–Crippen LogP) is 4.92. The maximum absolute atomic E-state index is 14.2. The van der Waals surface area contributed by atoms with Crippen molar-refractivity contribution >= 4 is 11.6 Å². The van der Waals surface area contributed by atoms with Gasteiger partial charge in [-0.3, -0.25) is 4.79 Å². The number of hydrogen-bond acceptors (Lipinski definition) is 2. The largest absolute Gasteiger partial charge is 0.322 e. The molecule has 1 aliphatic carbocycles. The zero-order valence-corrected chi connectivity index (χ0v) is 15.2. The van der Waals surface area contributed by atoms with Crippen molar-refractivity contribution in [3.63, 3.8) is 0 Å². The number of nitrogens with one attached hydrogen (secondary N) is 1. The number of aromatic nitrogens is 2. The Labute approximate surface area is 150 Å². The van der Waals surface area contributed by atoms with E-state index in [0.717, 1.165) is 24.0 Å². The lowest BCUT2D eigenvalue weighted by Gasteiger charge is -2.37. The van der Waals surface area contributed by atoms with Gasteiger partial charge in [-0.25, -0.2) is 13.5 Å². The number of halogens is 3. The van der Waals surface area contributed by atoms with Crippen molar-refractivity contribution in [3.8, 4) is 0 Å². The summed E-state index contributed by atoms with van der Waals surface area (Å²) in [6.07, 6.45) is -1.06. The molecule has 26 heavy (non-hydrogen) atoms. The lowest BCUT2D eigenvalue weighted by atomic mass is 9.69. The molecule has 1 heterocycles. The number of nitrogens with zero attached hydrogens (tertiary/aromatic N) is 2. The van der Waals surface area contributed by atoms with Crippen molar-refractivity contribution in [2.75, 3.05) is 5.32 Å².